The highest BCUT2D eigenvalue weighted by molar-refractivity contribution is 5.94. The second-order valence-corrected chi connectivity index (χ2v) is 7.59. The van der Waals surface area contributed by atoms with Crippen molar-refractivity contribution in [3.8, 4) is 5.75 Å². The summed E-state index contributed by atoms with van der Waals surface area (Å²) in [6.07, 6.45) is -0.403. The summed E-state index contributed by atoms with van der Waals surface area (Å²) in [5, 5.41) is 3.06. The Labute approximate surface area is 175 Å². The Morgan fingerprint density at radius 3 is 2.63 bits per heavy atom. The van der Waals surface area contributed by atoms with Crippen molar-refractivity contribution in [3.63, 3.8) is 0 Å². The first-order valence-corrected chi connectivity index (χ1v) is 10.3. The third-order valence-corrected chi connectivity index (χ3v) is 5.80. The molecule has 0 bridgehead atoms. The van der Waals surface area contributed by atoms with Gasteiger partial charge >= 0.3 is 5.97 Å². The van der Waals surface area contributed by atoms with Crippen LogP contribution in [0.4, 0.5) is 0 Å². The lowest BCUT2D eigenvalue weighted by molar-refractivity contribution is -0.937. The molecular weight excluding hydrogens is 384 g/mol. The predicted molar refractivity (Wildman–Crippen MR) is 109 cm³/mol. The molecule has 2 heterocycles. The number of benzene rings is 2. The molecule has 2 aliphatic heterocycles. The van der Waals surface area contributed by atoms with E-state index in [9.17, 15) is 9.59 Å². The lowest BCUT2D eigenvalue weighted by atomic mass is 10.0. The van der Waals surface area contributed by atoms with Gasteiger partial charge in [0.15, 0.2) is 0 Å². The number of amides is 1. The summed E-state index contributed by atoms with van der Waals surface area (Å²) >= 11 is 0. The summed E-state index contributed by atoms with van der Waals surface area (Å²) in [5.41, 5.74) is 2.47. The van der Waals surface area contributed by atoms with Crippen LogP contribution in [0.5, 0.6) is 5.75 Å². The molecule has 7 nitrogen and oxygen atoms in total. The summed E-state index contributed by atoms with van der Waals surface area (Å²) in [4.78, 5) is 26.0. The quantitative estimate of drug-likeness (QED) is 0.667. The molecule has 0 aliphatic carbocycles. The molecule has 2 aromatic carbocycles. The Morgan fingerprint density at radius 1 is 1.17 bits per heavy atom. The number of rotatable bonds is 7. The maximum atomic E-state index is 12.7. The fourth-order valence-corrected chi connectivity index (χ4v) is 4.14. The monoisotopic (exact) mass is 411 g/mol. The van der Waals surface area contributed by atoms with Gasteiger partial charge in [-0.2, -0.15) is 0 Å². The number of hydrogen-bond donors (Lipinski definition) is 2. The summed E-state index contributed by atoms with van der Waals surface area (Å²) in [5.74, 6) is 0.313. The molecule has 2 aliphatic rings. The lowest BCUT2D eigenvalue weighted by Crippen LogP contribution is -3.15. The molecule has 2 N–H and O–H groups in total. The molecule has 1 amide bonds. The molecule has 1 saturated heterocycles. The number of carbonyl (C=O) groups is 2. The largest absolute Gasteiger partial charge is 0.497 e. The molecular formula is C23H27N2O5+. The molecule has 2 atom stereocenters. The van der Waals surface area contributed by atoms with E-state index in [1.807, 2.05) is 36.4 Å². The minimum atomic E-state index is -0.524. The standard InChI is InChI=1S/C23H26N2O5/c1-28-17-8-6-16(7-9-17)20(25-10-12-29-13-11-25)15-24-22(26)14-21-18-4-2-3-5-19(18)23(27)30-21/h2-9,20-21H,10-15H2,1H3,(H,24,26)/p+1/t20-,21-/m1/s1. The van der Waals surface area contributed by atoms with Crippen LogP contribution in [0, 0.1) is 0 Å². The van der Waals surface area contributed by atoms with Gasteiger partial charge in [-0.15, -0.1) is 0 Å². The molecule has 0 saturated carbocycles. The van der Waals surface area contributed by atoms with E-state index in [0.29, 0.717) is 25.3 Å². The molecule has 158 valence electrons. The maximum absolute atomic E-state index is 12.7. The van der Waals surface area contributed by atoms with E-state index in [1.165, 1.54) is 4.90 Å². The fourth-order valence-electron chi connectivity index (χ4n) is 4.14. The topological polar surface area (TPSA) is 78.3 Å². The van der Waals surface area contributed by atoms with Crippen LogP contribution in [-0.4, -0.2) is 51.8 Å². The number of ether oxygens (including phenoxy) is 3. The molecule has 0 spiro atoms. The van der Waals surface area contributed by atoms with Crippen LogP contribution in [0.1, 0.15) is 40.1 Å². The number of cyclic esters (lactones) is 1. The predicted octanol–water partition coefficient (Wildman–Crippen LogP) is 1.07. The average molecular weight is 411 g/mol. The highest BCUT2D eigenvalue weighted by atomic mass is 16.5. The highest BCUT2D eigenvalue weighted by Crippen LogP contribution is 2.32. The number of carbonyl (C=O) groups excluding carboxylic acids is 2. The molecule has 7 heteroatoms. The van der Waals surface area contributed by atoms with E-state index in [4.69, 9.17) is 14.2 Å². The van der Waals surface area contributed by atoms with Crippen molar-refractivity contribution >= 4 is 11.9 Å². The Hall–Kier alpha value is -2.90. The average Bonchev–Trinajstić information content (AvgIpc) is 3.10. The van der Waals surface area contributed by atoms with Crippen molar-refractivity contribution in [1.29, 1.82) is 0 Å². The minimum absolute atomic E-state index is 0.113. The zero-order chi connectivity index (χ0) is 20.9. The highest BCUT2D eigenvalue weighted by Gasteiger charge is 2.33. The van der Waals surface area contributed by atoms with Crippen LogP contribution < -0.4 is 15.0 Å². The van der Waals surface area contributed by atoms with Gasteiger partial charge in [0.2, 0.25) is 5.91 Å². The summed E-state index contributed by atoms with van der Waals surface area (Å²) in [6, 6.07) is 15.3. The van der Waals surface area contributed by atoms with Gasteiger partial charge in [0.1, 0.15) is 31.0 Å². The van der Waals surface area contributed by atoms with Gasteiger partial charge in [0.05, 0.1) is 38.9 Å². The Balaban J connectivity index is 1.41. The van der Waals surface area contributed by atoms with Crippen molar-refractivity contribution in [1.82, 2.24) is 5.32 Å². The number of methoxy groups -OCH3 is 1. The molecule has 0 aromatic heterocycles. The van der Waals surface area contributed by atoms with Gasteiger partial charge in [0.25, 0.3) is 0 Å². The normalized spacial score (nSPS) is 19.6. The van der Waals surface area contributed by atoms with Gasteiger partial charge in [-0.3, -0.25) is 4.79 Å². The van der Waals surface area contributed by atoms with Crippen molar-refractivity contribution in [2.45, 2.75) is 18.6 Å². The van der Waals surface area contributed by atoms with Crippen molar-refractivity contribution in [2.75, 3.05) is 40.0 Å². The number of morpholine rings is 1. The third-order valence-electron chi connectivity index (χ3n) is 5.80. The van der Waals surface area contributed by atoms with E-state index >= 15 is 0 Å². The number of quaternary nitrogens is 1. The Kier molecular flexibility index (Phi) is 6.30. The molecule has 4 rings (SSSR count). The summed E-state index contributed by atoms with van der Waals surface area (Å²) in [6.45, 7) is 3.71. The van der Waals surface area contributed by atoms with E-state index in [0.717, 1.165) is 30.0 Å². The van der Waals surface area contributed by atoms with Crippen LogP contribution in [0.15, 0.2) is 48.5 Å². The smallest absolute Gasteiger partial charge is 0.339 e. The fraction of sp³-hybridized carbons (Fsp3) is 0.391. The molecule has 30 heavy (non-hydrogen) atoms. The Morgan fingerprint density at radius 2 is 1.90 bits per heavy atom. The second-order valence-electron chi connectivity index (χ2n) is 7.59. The summed E-state index contributed by atoms with van der Waals surface area (Å²) < 4.78 is 16.2. The van der Waals surface area contributed by atoms with Crippen molar-refractivity contribution in [3.05, 3.63) is 65.2 Å². The van der Waals surface area contributed by atoms with Gasteiger partial charge < -0.3 is 24.4 Å². The number of esters is 1. The molecule has 2 aromatic rings. The number of nitrogens with one attached hydrogen (secondary N) is 2. The van der Waals surface area contributed by atoms with Crippen LogP contribution in [0.3, 0.4) is 0 Å². The van der Waals surface area contributed by atoms with Gasteiger partial charge in [-0.1, -0.05) is 18.2 Å². The minimum Gasteiger partial charge on any atom is -0.497 e. The van der Waals surface area contributed by atoms with Crippen molar-refractivity contribution < 1.29 is 28.7 Å². The van der Waals surface area contributed by atoms with E-state index < -0.39 is 6.10 Å². The van der Waals surface area contributed by atoms with Gasteiger partial charge in [-0.25, -0.2) is 4.79 Å². The van der Waals surface area contributed by atoms with Crippen LogP contribution in [0.25, 0.3) is 0 Å². The van der Waals surface area contributed by atoms with E-state index in [-0.39, 0.29) is 24.3 Å². The van der Waals surface area contributed by atoms with Crippen LogP contribution in [0.2, 0.25) is 0 Å². The Bertz CT molecular complexity index is 893. The summed E-state index contributed by atoms with van der Waals surface area (Å²) in [7, 11) is 1.65. The second kappa shape index (κ2) is 9.28. The third kappa shape index (κ3) is 4.47. The zero-order valence-corrected chi connectivity index (χ0v) is 17.1. The molecule has 0 radical (unpaired) electrons. The zero-order valence-electron chi connectivity index (χ0n) is 17.1. The molecule has 0 unspecified atom stereocenters. The van der Waals surface area contributed by atoms with Crippen molar-refractivity contribution in [2.24, 2.45) is 0 Å². The first-order valence-electron chi connectivity index (χ1n) is 10.3. The lowest BCUT2D eigenvalue weighted by Gasteiger charge is -2.32. The maximum Gasteiger partial charge on any atom is 0.339 e. The van der Waals surface area contributed by atoms with Gasteiger partial charge in [0, 0.05) is 11.1 Å². The van der Waals surface area contributed by atoms with Crippen LogP contribution in [-0.2, 0) is 14.3 Å². The number of fused-ring (bicyclic) bond motifs is 1. The SMILES string of the molecule is COc1ccc([C@@H](CNC(=O)C[C@H]2OC(=O)c3ccccc32)[NH+]2CCOCC2)cc1. The molecule has 1 fully saturated rings. The van der Waals surface area contributed by atoms with E-state index in [2.05, 4.69) is 5.32 Å². The van der Waals surface area contributed by atoms with Gasteiger partial charge in [-0.05, 0) is 30.3 Å². The number of hydrogen-bond acceptors (Lipinski definition) is 5. The van der Waals surface area contributed by atoms with E-state index in [1.54, 1.807) is 19.2 Å². The first kappa shape index (κ1) is 20.4. The van der Waals surface area contributed by atoms with Crippen LogP contribution >= 0.6 is 0 Å². The first-order chi connectivity index (χ1) is 14.7.